The van der Waals surface area contributed by atoms with E-state index in [0.717, 1.165) is 64.5 Å². The molecule has 8 aromatic carbocycles. The van der Waals surface area contributed by atoms with Crippen LogP contribution >= 0.6 is 13.8 Å². The molecule has 0 aliphatic heterocycles. The van der Waals surface area contributed by atoms with Crippen molar-refractivity contribution in [3.8, 4) is 11.1 Å². The first-order chi connectivity index (χ1) is 25.2. The van der Waals surface area contributed by atoms with Crippen molar-refractivity contribution in [2.24, 2.45) is 0 Å². The van der Waals surface area contributed by atoms with Gasteiger partial charge in [-0.2, -0.15) is 0 Å². The maximum Gasteiger partial charge on any atom is 0.123 e. The van der Waals surface area contributed by atoms with Crippen molar-refractivity contribution < 1.29 is 17.6 Å². The Bertz CT molecular complexity index is 2410. The Balaban J connectivity index is 1.37. The van der Waals surface area contributed by atoms with Gasteiger partial charge >= 0.3 is 0 Å². The molecule has 0 unspecified atom stereocenters. The topological polar surface area (TPSA) is 0 Å². The van der Waals surface area contributed by atoms with Crippen LogP contribution in [0.1, 0.15) is 0 Å². The summed E-state index contributed by atoms with van der Waals surface area (Å²) in [5, 5.41) is 9.56. The van der Waals surface area contributed by atoms with E-state index < -0.39 is 13.8 Å². The van der Waals surface area contributed by atoms with Gasteiger partial charge in [0.1, 0.15) is 23.3 Å². The largest absolute Gasteiger partial charge is 0.207 e. The van der Waals surface area contributed by atoms with E-state index in [1.54, 1.807) is 48.5 Å². The molecule has 0 saturated heterocycles. The van der Waals surface area contributed by atoms with Crippen molar-refractivity contribution >= 4 is 79.7 Å². The molecule has 52 heavy (non-hydrogen) atoms. The minimum absolute atomic E-state index is 0.336. The molecule has 0 spiro atoms. The fraction of sp³-hybridized carbons (Fsp3) is 0. The number of benzene rings is 8. The molecular formula is C46H32F4P2. The fourth-order valence-electron chi connectivity index (χ4n) is 7.34. The first kappa shape index (κ1) is 33.7. The fourth-order valence-corrected chi connectivity index (χ4v) is 13.6. The molecule has 0 aliphatic rings. The monoisotopic (exact) mass is 722 g/mol. The minimum Gasteiger partial charge on any atom is -0.207 e. The predicted molar refractivity (Wildman–Crippen MR) is 218 cm³/mol. The van der Waals surface area contributed by atoms with Gasteiger partial charge in [0.2, 0.25) is 0 Å². The lowest BCUT2D eigenvalue weighted by molar-refractivity contribution is 0.628. The highest BCUT2D eigenvalue weighted by Crippen LogP contribution is 2.48. The lowest BCUT2D eigenvalue weighted by Gasteiger charge is -2.29. The van der Waals surface area contributed by atoms with Crippen LogP contribution in [-0.2, 0) is 0 Å². The molecule has 0 amide bonds. The Morgan fingerprint density at radius 1 is 0.288 bits per heavy atom. The Labute approximate surface area is 300 Å². The summed E-state index contributed by atoms with van der Waals surface area (Å²) >= 11 is 0. The smallest absolute Gasteiger partial charge is 0.123 e. The van der Waals surface area contributed by atoms with Gasteiger partial charge in [-0.05, 0) is 127 Å². The van der Waals surface area contributed by atoms with Crippen molar-refractivity contribution in [1.29, 1.82) is 0 Å². The third-order valence-corrected chi connectivity index (χ3v) is 17.1. The molecular weight excluding hydrogens is 690 g/mol. The standard InChI is InChI=1S/C46H32F4P2/c1-51(35-19-11-31(47)12-20-35,36-21-13-32(48)14-22-36)45-29-27-41(39-7-3-5-9-43(39)45)42-28-30-46(44-10-6-4-8-40(42)44)52(2,37-23-15-33(49)16-24-37)38-25-17-34(50)18-26-38/h3-30H,1-2H2. The number of halogens is 4. The number of fused-ring (bicyclic) bond motifs is 2. The Morgan fingerprint density at radius 3 is 0.808 bits per heavy atom. The number of hydrogen-bond acceptors (Lipinski definition) is 0. The summed E-state index contributed by atoms with van der Waals surface area (Å²) in [7, 11) is 0. The SMILES string of the molecule is C=P(c1ccc(F)cc1)(c1ccc(F)cc1)c1ccc(-c2ccc(P(=C)(c3ccc(F)cc3)c3ccc(F)cc3)c3ccccc23)c2ccccc12. The van der Waals surface area contributed by atoms with Gasteiger partial charge in [-0.1, -0.05) is 134 Å². The van der Waals surface area contributed by atoms with Crippen LogP contribution in [-0.4, -0.2) is 12.6 Å². The Kier molecular flexibility index (Phi) is 8.62. The van der Waals surface area contributed by atoms with E-state index >= 15 is 0 Å². The highest BCUT2D eigenvalue weighted by molar-refractivity contribution is 7.94. The molecule has 0 nitrogen and oxygen atoms in total. The summed E-state index contributed by atoms with van der Waals surface area (Å²) in [5.41, 5.74) is 2.03. The van der Waals surface area contributed by atoms with Gasteiger partial charge in [0, 0.05) is 0 Å². The molecule has 254 valence electrons. The molecule has 0 bridgehead atoms. The van der Waals surface area contributed by atoms with E-state index in [0.29, 0.717) is 0 Å². The third-order valence-electron chi connectivity index (χ3n) is 9.98. The van der Waals surface area contributed by atoms with Crippen LogP contribution in [0.25, 0.3) is 32.7 Å². The lowest BCUT2D eigenvalue weighted by atomic mass is 9.94. The quantitative estimate of drug-likeness (QED) is 0.114. The molecule has 8 rings (SSSR count). The second-order valence-electron chi connectivity index (χ2n) is 12.9. The molecule has 8 aromatic rings. The zero-order chi connectivity index (χ0) is 36.0. The number of hydrogen-bond donors (Lipinski definition) is 0. The van der Waals surface area contributed by atoms with Crippen LogP contribution in [0.2, 0.25) is 0 Å². The van der Waals surface area contributed by atoms with Gasteiger partial charge in [-0.3, -0.25) is 0 Å². The van der Waals surface area contributed by atoms with Crippen LogP contribution in [0.4, 0.5) is 17.6 Å². The Hall–Kier alpha value is -5.40. The van der Waals surface area contributed by atoms with Gasteiger partial charge in [0.15, 0.2) is 0 Å². The summed E-state index contributed by atoms with van der Waals surface area (Å²) in [6.45, 7) is -5.23. The predicted octanol–water partition coefficient (Wildman–Crippen LogP) is 9.67. The van der Waals surface area contributed by atoms with E-state index in [2.05, 4.69) is 48.5 Å². The second-order valence-corrected chi connectivity index (χ2v) is 19.1. The van der Waals surface area contributed by atoms with E-state index in [1.807, 2.05) is 24.3 Å². The van der Waals surface area contributed by atoms with Crippen LogP contribution in [0.3, 0.4) is 0 Å². The molecule has 0 heterocycles. The molecule has 0 atom stereocenters. The lowest BCUT2D eigenvalue weighted by Crippen LogP contribution is -2.26. The summed E-state index contributed by atoms with van der Waals surface area (Å²) in [6.07, 6.45) is 9.73. The van der Waals surface area contributed by atoms with E-state index in [1.165, 1.54) is 48.5 Å². The highest BCUT2D eigenvalue weighted by atomic mass is 31.2. The molecule has 0 fully saturated rings. The minimum atomic E-state index is -2.62. The summed E-state index contributed by atoms with van der Waals surface area (Å²) < 4.78 is 56.8. The van der Waals surface area contributed by atoms with Gasteiger partial charge in [-0.15, -0.1) is 0 Å². The zero-order valence-corrected chi connectivity index (χ0v) is 29.8. The van der Waals surface area contributed by atoms with Crippen molar-refractivity contribution in [2.75, 3.05) is 0 Å². The maximum absolute atomic E-state index is 14.2. The first-order valence-electron chi connectivity index (χ1n) is 16.7. The van der Waals surface area contributed by atoms with Gasteiger partial charge in [0.25, 0.3) is 0 Å². The molecule has 0 N–H and O–H groups in total. The van der Waals surface area contributed by atoms with E-state index in [-0.39, 0.29) is 23.3 Å². The highest BCUT2D eigenvalue weighted by Gasteiger charge is 2.28. The van der Waals surface area contributed by atoms with Crippen LogP contribution < -0.4 is 31.8 Å². The van der Waals surface area contributed by atoms with E-state index in [9.17, 15) is 17.6 Å². The maximum atomic E-state index is 14.2. The third kappa shape index (κ3) is 5.64. The van der Waals surface area contributed by atoms with E-state index in [4.69, 9.17) is 12.6 Å². The molecule has 0 aromatic heterocycles. The summed E-state index contributed by atoms with van der Waals surface area (Å²) in [5.74, 6) is -1.34. The van der Waals surface area contributed by atoms with Crippen molar-refractivity contribution in [3.05, 3.63) is 193 Å². The van der Waals surface area contributed by atoms with Crippen molar-refractivity contribution in [3.63, 3.8) is 0 Å². The first-order valence-corrected chi connectivity index (χ1v) is 20.7. The van der Waals surface area contributed by atoms with Crippen molar-refractivity contribution in [2.45, 2.75) is 0 Å². The zero-order valence-electron chi connectivity index (χ0n) is 28.0. The van der Waals surface area contributed by atoms with Gasteiger partial charge in [-0.25, -0.2) is 17.6 Å². The molecule has 0 saturated carbocycles. The van der Waals surface area contributed by atoms with Gasteiger partial charge in [0.05, 0.1) is 0 Å². The van der Waals surface area contributed by atoms with Crippen molar-refractivity contribution in [1.82, 2.24) is 0 Å². The molecule has 0 radical (unpaired) electrons. The molecule has 6 heteroatoms. The van der Waals surface area contributed by atoms with Crippen LogP contribution in [0.15, 0.2) is 170 Å². The van der Waals surface area contributed by atoms with Crippen LogP contribution in [0.5, 0.6) is 0 Å². The van der Waals surface area contributed by atoms with Crippen LogP contribution in [0, 0.1) is 23.3 Å². The Morgan fingerprint density at radius 2 is 0.538 bits per heavy atom. The second kappa shape index (κ2) is 13.3. The summed E-state index contributed by atoms with van der Waals surface area (Å²) in [6, 6.07) is 50.8. The molecule has 0 aliphatic carbocycles. The number of rotatable bonds is 7. The summed E-state index contributed by atoms with van der Waals surface area (Å²) in [4.78, 5) is 0. The average Bonchev–Trinajstić information content (AvgIpc) is 3.17. The van der Waals surface area contributed by atoms with Gasteiger partial charge < -0.3 is 0 Å². The normalized spacial score (nSPS) is 12.0. The average molecular weight is 723 g/mol.